The Bertz CT molecular complexity index is 399. The lowest BCUT2D eigenvalue weighted by atomic mass is 10.3. The zero-order chi connectivity index (χ0) is 13.4. The molecule has 0 saturated carbocycles. The van der Waals surface area contributed by atoms with Gasteiger partial charge in [-0.05, 0) is 43.3 Å². The highest BCUT2D eigenvalue weighted by Gasteiger charge is 2.01. The Morgan fingerprint density at radius 2 is 2.00 bits per heavy atom. The molecule has 0 aliphatic heterocycles. The quantitative estimate of drug-likeness (QED) is 0.727. The highest BCUT2D eigenvalue weighted by atomic mass is 16.5. The van der Waals surface area contributed by atoms with Crippen LogP contribution in [0.3, 0.4) is 0 Å². The summed E-state index contributed by atoms with van der Waals surface area (Å²) in [6, 6.07) is 7.28. The molecule has 1 aromatic carbocycles. The van der Waals surface area contributed by atoms with E-state index in [4.69, 9.17) is 4.74 Å². The minimum atomic E-state index is -0.0487. The van der Waals surface area contributed by atoms with Crippen LogP contribution in [0.25, 0.3) is 0 Å². The third kappa shape index (κ3) is 5.50. The lowest BCUT2D eigenvalue weighted by Crippen LogP contribution is -2.27. The zero-order valence-electron chi connectivity index (χ0n) is 11.0. The molecule has 0 saturated heterocycles. The summed E-state index contributed by atoms with van der Waals surface area (Å²) in [6.45, 7) is 9.25. The number of likely N-dealkylation sites (N-methyl/N-ethyl adjacent to an activating group) is 1. The first kappa shape index (κ1) is 14.3. The van der Waals surface area contributed by atoms with Crippen LogP contribution >= 0.6 is 0 Å². The molecule has 0 heterocycles. The number of ether oxygens (including phenoxy) is 1. The van der Waals surface area contributed by atoms with Crippen LogP contribution in [0, 0.1) is 0 Å². The van der Waals surface area contributed by atoms with Gasteiger partial charge in [0.1, 0.15) is 12.4 Å². The van der Waals surface area contributed by atoms with E-state index in [2.05, 4.69) is 17.2 Å². The molecule has 0 fully saturated rings. The summed E-state index contributed by atoms with van der Waals surface area (Å²) in [4.78, 5) is 11.5. The van der Waals surface area contributed by atoms with E-state index in [9.17, 15) is 4.79 Å². The van der Waals surface area contributed by atoms with E-state index in [1.807, 2.05) is 38.1 Å². The molecular weight excluding hydrogens is 228 g/mol. The molecule has 4 nitrogen and oxygen atoms in total. The molecule has 1 amide bonds. The van der Waals surface area contributed by atoms with Crippen molar-refractivity contribution >= 4 is 11.6 Å². The van der Waals surface area contributed by atoms with Gasteiger partial charge in [-0.15, -0.1) is 0 Å². The Morgan fingerprint density at radius 3 is 2.56 bits per heavy atom. The molecule has 2 N–H and O–H groups in total. The van der Waals surface area contributed by atoms with E-state index in [0.717, 1.165) is 23.6 Å². The highest BCUT2D eigenvalue weighted by Crippen LogP contribution is 2.15. The average molecular weight is 248 g/mol. The fraction of sp³-hybridized carbons (Fsp3) is 0.357. The number of carbonyl (C=O) groups excluding carboxylic acids is 1. The van der Waals surface area contributed by atoms with Crippen molar-refractivity contribution in [2.45, 2.75) is 13.8 Å². The van der Waals surface area contributed by atoms with Crippen molar-refractivity contribution in [3.05, 3.63) is 36.4 Å². The van der Waals surface area contributed by atoms with Crippen molar-refractivity contribution in [3.8, 4) is 5.75 Å². The van der Waals surface area contributed by atoms with E-state index >= 15 is 0 Å². The summed E-state index contributed by atoms with van der Waals surface area (Å²) >= 11 is 0. The molecule has 98 valence electrons. The van der Waals surface area contributed by atoms with Gasteiger partial charge in [-0.3, -0.25) is 4.79 Å². The van der Waals surface area contributed by atoms with Crippen LogP contribution in [-0.2, 0) is 4.79 Å². The van der Waals surface area contributed by atoms with Gasteiger partial charge in [-0.2, -0.15) is 0 Å². The van der Waals surface area contributed by atoms with Crippen LogP contribution < -0.4 is 15.4 Å². The van der Waals surface area contributed by atoms with Crippen LogP contribution in [0.1, 0.15) is 13.8 Å². The zero-order valence-corrected chi connectivity index (χ0v) is 11.0. The molecule has 0 aromatic heterocycles. The molecule has 0 aliphatic carbocycles. The van der Waals surface area contributed by atoms with Gasteiger partial charge in [0.25, 0.3) is 0 Å². The smallest absolute Gasteiger partial charge is 0.238 e. The molecule has 0 spiro atoms. The van der Waals surface area contributed by atoms with Crippen molar-refractivity contribution in [3.63, 3.8) is 0 Å². The molecule has 1 aromatic rings. The van der Waals surface area contributed by atoms with Gasteiger partial charge in [-0.1, -0.05) is 13.5 Å². The summed E-state index contributed by atoms with van der Waals surface area (Å²) in [5.74, 6) is 0.718. The van der Waals surface area contributed by atoms with Gasteiger partial charge in [0.15, 0.2) is 0 Å². The Balaban J connectivity index is 2.44. The SMILES string of the molecule is C=C(C)COc1ccc(NC(=O)CNCC)cc1. The Kier molecular flexibility index (Phi) is 5.94. The number of carbonyl (C=O) groups is 1. The van der Waals surface area contributed by atoms with Crippen LogP contribution in [0.4, 0.5) is 5.69 Å². The minimum absolute atomic E-state index is 0.0487. The molecule has 1 rings (SSSR count). The number of benzene rings is 1. The molecule has 0 unspecified atom stereocenters. The summed E-state index contributed by atoms with van der Waals surface area (Å²) in [7, 11) is 0. The third-order valence-corrected chi connectivity index (χ3v) is 2.16. The van der Waals surface area contributed by atoms with Crippen LogP contribution in [0.15, 0.2) is 36.4 Å². The Labute approximate surface area is 108 Å². The predicted octanol–water partition coefficient (Wildman–Crippen LogP) is 2.19. The number of anilines is 1. The fourth-order valence-electron chi connectivity index (χ4n) is 1.28. The van der Waals surface area contributed by atoms with E-state index in [1.54, 1.807) is 0 Å². The largest absolute Gasteiger partial charge is 0.489 e. The first-order valence-corrected chi connectivity index (χ1v) is 5.99. The summed E-state index contributed by atoms with van der Waals surface area (Å²) in [5.41, 5.74) is 1.73. The standard InChI is InChI=1S/C14H20N2O2/c1-4-15-9-14(17)16-12-5-7-13(8-6-12)18-10-11(2)3/h5-8,15H,2,4,9-10H2,1,3H3,(H,16,17). The van der Waals surface area contributed by atoms with Gasteiger partial charge in [-0.25, -0.2) is 0 Å². The van der Waals surface area contributed by atoms with E-state index in [-0.39, 0.29) is 5.91 Å². The van der Waals surface area contributed by atoms with Crippen LogP contribution in [-0.4, -0.2) is 25.6 Å². The minimum Gasteiger partial charge on any atom is -0.489 e. The number of nitrogens with one attached hydrogen (secondary N) is 2. The van der Waals surface area contributed by atoms with Gasteiger partial charge in [0, 0.05) is 5.69 Å². The first-order valence-electron chi connectivity index (χ1n) is 5.99. The van der Waals surface area contributed by atoms with E-state index in [0.29, 0.717) is 13.2 Å². The maximum atomic E-state index is 11.5. The highest BCUT2D eigenvalue weighted by molar-refractivity contribution is 5.92. The maximum absolute atomic E-state index is 11.5. The molecule has 0 bridgehead atoms. The van der Waals surface area contributed by atoms with Gasteiger partial charge < -0.3 is 15.4 Å². The van der Waals surface area contributed by atoms with Crippen molar-refractivity contribution in [1.29, 1.82) is 0 Å². The average Bonchev–Trinajstić information content (AvgIpc) is 2.35. The second-order valence-electron chi connectivity index (χ2n) is 4.10. The molecule has 4 heteroatoms. The number of amides is 1. The van der Waals surface area contributed by atoms with Crippen molar-refractivity contribution < 1.29 is 9.53 Å². The normalized spacial score (nSPS) is 9.89. The number of rotatable bonds is 7. The molecule has 0 atom stereocenters. The monoisotopic (exact) mass is 248 g/mol. The third-order valence-electron chi connectivity index (χ3n) is 2.16. The van der Waals surface area contributed by atoms with Crippen molar-refractivity contribution in [2.75, 3.05) is 25.0 Å². The van der Waals surface area contributed by atoms with Gasteiger partial charge in [0.05, 0.1) is 6.54 Å². The van der Waals surface area contributed by atoms with Gasteiger partial charge >= 0.3 is 0 Å². The molecule has 18 heavy (non-hydrogen) atoms. The van der Waals surface area contributed by atoms with Gasteiger partial charge in [0.2, 0.25) is 5.91 Å². The van der Waals surface area contributed by atoms with Crippen molar-refractivity contribution in [2.24, 2.45) is 0 Å². The Hall–Kier alpha value is -1.81. The van der Waals surface area contributed by atoms with Crippen molar-refractivity contribution in [1.82, 2.24) is 5.32 Å². The maximum Gasteiger partial charge on any atom is 0.238 e. The lowest BCUT2D eigenvalue weighted by Gasteiger charge is -2.08. The molecule has 0 radical (unpaired) electrons. The first-order chi connectivity index (χ1) is 8.61. The number of hydrogen-bond acceptors (Lipinski definition) is 3. The summed E-state index contributed by atoms with van der Waals surface area (Å²) < 4.78 is 5.47. The van der Waals surface area contributed by atoms with Crippen LogP contribution in [0.2, 0.25) is 0 Å². The summed E-state index contributed by atoms with van der Waals surface area (Å²) in [5, 5.41) is 5.76. The molecule has 0 aliphatic rings. The lowest BCUT2D eigenvalue weighted by molar-refractivity contribution is -0.115. The van der Waals surface area contributed by atoms with Crippen LogP contribution in [0.5, 0.6) is 5.75 Å². The second-order valence-corrected chi connectivity index (χ2v) is 4.10. The summed E-state index contributed by atoms with van der Waals surface area (Å²) in [6.07, 6.45) is 0. The fourth-order valence-corrected chi connectivity index (χ4v) is 1.28. The number of hydrogen-bond donors (Lipinski definition) is 2. The topological polar surface area (TPSA) is 50.4 Å². The Morgan fingerprint density at radius 1 is 1.33 bits per heavy atom. The van der Waals surface area contributed by atoms with E-state index in [1.165, 1.54) is 0 Å². The predicted molar refractivity (Wildman–Crippen MR) is 73.9 cm³/mol. The molecular formula is C14H20N2O2. The second kappa shape index (κ2) is 7.50. The van der Waals surface area contributed by atoms with E-state index < -0.39 is 0 Å².